The summed E-state index contributed by atoms with van der Waals surface area (Å²) in [5.74, 6) is 0.238. The molecule has 0 spiro atoms. The molecule has 1 saturated heterocycles. The molecule has 4 aromatic carbocycles. The van der Waals surface area contributed by atoms with E-state index < -0.39 is 22.8 Å². The van der Waals surface area contributed by atoms with Gasteiger partial charge in [-0.15, -0.1) is 0 Å². The van der Waals surface area contributed by atoms with Crippen LogP contribution in [0.15, 0.2) is 128 Å². The molecule has 1 unspecified atom stereocenters. The molecular weight excluding hydrogens is 687 g/mol. The van der Waals surface area contributed by atoms with Gasteiger partial charge in [-0.05, 0) is 80.6 Å². The molecule has 9 nitrogen and oxygen atoms in total. The van der Waals surface area contributed by atoms with Crippen molar-refractivity contribution in [3.8, 4) is 11.3 Å². The lowest BCUT2D eigenvalue weighted by molar-refractivity contribution is -0.138. The molecule has 1 aliphatic heterocycles. The first-order valence-corrected chi connectivity index (χ1v) is 19.0. The largest absolute Gasteiger partial charge is 0.444 e. The number of ether oxygens (including phenoxy) is 2. The lowest BCUT2D eigenvalue weighted by Gasteiger charge is -2.37. The zero-order chi connectivity index (χ0) is 38.4. The maximum atomic E-state index is 14.6. The van der Waals surface area contributed by atoms with E-state index in [1.165, 1.54) is 7.11 Å². The summed E-state index contributed by atoms with van der Waals surface area (Å²) in [6.07, 6.45) is 4.07. The van der Waals surface area contributed by atoms with Crippen molar-refractivity contribution in [2.24, 2.45) is 0 Å². The number of carbonyl (C=O) groups excluding carboxylic acids is 2. The molecule has 3 heterocycles. The van der Waals surface area contributed by atoms with Gasteiger partial charge >= 0.3 is 6.09 Å². The second-order valence-electron chi connectivity index (χ2n) is 15.7. The number of rotatable bonds is 9. The summed E-state index contributed by atoms with van der Waals surface area (Å²) in [7, 11) is 3.30. The van der Waals surface area contributed by atoms with Gasteiger partial charge in [-0.2, -0.15) is 5.10 Å². The highest BCUT2D eigenvalue weighted by Crippen LogP contribution is 2.46. The Morgan fingerprint density at radius 2 is 1.42 bits per heavy atom. The van der Waals surface area contributed by atoms with Crippen molar-refractivity contribution in [3.63, 3.8) is 0 Å². The highest BCUT2D eigenvalue weighted by atomic mass is 16.6. The monoisotopic (exact) mass is 733 g/mol. The topological polar surface area (TPSA) is 89.8 Å². The number of hydrogen-bond acceptors (Lipinski definition) is 6. The van der Waals surface area contributed by atoms with E-state index in [9.17, 15) is 9.59 Å². The second kappa shape index (κ2) is 14.1. The van der Waals surface area contributed by atoms with Gasteiger partial charge in [0.25, 0.3) is 5.91 Å². The van der Waals surface area contributed by atoms with Gasteiger partial charge in [-0.3, -0.25) is 9.78 Å². The zero-order valence-corrected chi connectivity index (χ0v) is 32.1. The van der Waals surface area contributed by atoms with E-state index in [4.69, 9.17) is 19.6 Å². The van der Waals surface area contributed by atoms with Gasteiger partial charge in [0, 0.05) is 61.6 Å². The first-order valence-electron chi connectivity index (χ1n) is 19.0. The van der Waals surface area contributed by atoms with Crippen LogP contribution in [0.3, 0.4) is 0 Å². The number of anilines is 1. The van der Waals surface area contributed by atoms with Crippen LogP contribution < -0.4 is 4.90 Å². The minimum atomic E-state index is -1.23. The van der Waals surface area contributed by atoms with Crippen LogP contribution in [0.5, 0.6) is 0 Å². The van der Waals surface area contributed by atoms with Crippen molar-refractivity contribution >= 4 is 28.6 Å². The van der Waals surface area contributed by atoms with Crippen molar-refractivity contribution < 1.29 is 19.1 Å². The van der Waals surface area contributed by atoms with Gasteiger partial charge in [-0.25, -0.2) is 9.48 Å². The number of amides is 2. The van der Waals surface area contributed by atoms with E-state index in [1.807, 2.05) is 57.3 Å². The minimum Gasteiger partial charge on any atom is -0.444 e. The summed E-state index contributed by atoms with van der Waals surface area (Å²) in [5.41, 5.74) is 4.77. The number of nitrogens with zero attached hydrogens (tertiary/aromatic N) is 5. The predicted octanol–water partition coefficient (Wildman–Crippen LogP) is 8.80. The molecule has 1 aliphatic carbocycles. The van der Waals surface area contributed by atoms with Crippen LogP contribution in [-0.4, -0.2) is 70.1 Å². The van der Waals surface area contributed by atoms with Crippen LogP contribution in [0.4, 0.5) is 10.5 Å². The van der Waals surface area contributed by atoms with Crippen LogP contribution in [0.2, 0.25) is 0 Å². The van der Waals surface area contributed by atoms with E-state index >= 15 is 0 Å². The van der Waals surface area contributed by atoms with Gasteiger partial charge in [0.2, 0.25) is 0 Å². The Morgan fingerprint density at radius 1 is 0.818 bits per heavy atom. The molecule has 0 radical (unpaired) electrons. The molecule has 2 fully saturated rings. The van der Waals surface area contributed by atoms with E-state index in [0.717, 1.165) is 57.4 Å². The molecule has 1 saturated carbocycles. The summed E-state index contributed by atoms with van der Waals surface area (Å²) < 4.78 is 13.8. The third-order valence-electron chi connectivity index (χ3n) is 11.0. The molecule has 2 amide bonds. The second-order valence-corrected chi connectivity index (χ2v) is 15.7. The Kier molecular flexibility index (Phi) is 9.29. The van der Waals surface area contributed by atoms with Crippen molar-refractivity contribution in [1.29, 1.82) is 0 Å². The fraction of sp³-hybridized carbons (Fsp3) is 0.304. The molecule has 280 valence electrons. The fourth-order valence-electron chi connectivity index (χ4n) is 8.00. The first kappa shape index (κ1) is 36.2. The molecule has 0 N–H and O–H groups in total. The summed E-state index contributed by atoms with van der Waals surface area (Å²) in [5, 5.41) is 6.54. The average Bonchev–Trinajstić information content (AvgIpc) is 3.86. The molecule has 1 atom stereocenters. The normalized spacial score (nSPS) is 17.4. The van der Waals surface area contributed by atoms with Crippen LogP contribution in [-0.2, 0) is 19.8 Å². The molecule has 2 aromatic heterocycles. The van der Waals surface area contributed by atoms with Gasteiger partial charge in [0.15, 0.2) is 5.60 Å². The number of aromatic nitrogens is 3. The summed E-state index contributed by atoms with van der Waals surface area (Å²) in [4.78, 5) is 35.5. The number of likely N-dealkylation sites (tertiary alicyclic amines) is 1. The minimum absolute atomic E-state index is 0.0937. The highest BCUT2D eigenvalue weighted by Gasteiger charge is 2.49. The Hall–Kier alpha value is -5.80. The number of benzene rings is 4. The number of hydrogen-bond donors (Lipinski definition) is 0. The van der Waals surface area contributed by atoms with Crippen molar-refractivity contribution in [1.82, 2.24) is 19.7 Å². The SMILES string of the molecule is COC1(C(=O)N(C)c2ccc3c(-c4ccnc(C5CC5)c4)nn(C(c4ccccc4)(c4ccccc4)c4ccccc4)c3c2)CCN(C(=O)OC(C)(C)C)C1. The predicted molar refractivity (Wildman–Crippen MR) is 215 cm³/mol. The van der Waals surface area contributed by atoms with E-state index in [-0.39, 0.29) is 12.5 Å². The fourth-order valence-corrected chi connectivity index (χ4v) is 8.00. The van der Waals surface area contributed by atoms with Crippen molar-refractivity contribution in [2.75, 3.05) is 32.1 Å². The molecule has 0 bridgehead atoms. The maximum Gasteiger partial charge on any atom is 0.410 e. The van der Waals surface area contributed by atoms with Crippen molar-refractivity contribution in [3.05, 3.63) is 150 Å². The standard InChI is InChI=1S/C46H47N5O4/c1-44(2,3)55-43(53)50-28-26-45(31-50,54-5)42(52)49(4)37-23-24-38-40(30-37)51(48-41(38)33-25-27-47-39(29-33)32-21-22-32)46(34-15-9-6-10-16-34,35-17-11-7-12-18-35)36-19-13-8-14-20-36/h6-20,23-25,27,29-30,32H,21-22,26,28,31H2,1-5H3. The molecule has 9 heteroatoms. The maximum absolute atomic E-state index is 14.6. The highest BCUT2D eigenvalue weighted by molar-refractivity contribution is 6.03. The number of pyridine rings is 1. The van der Waals surface area contributed by atoms with Crippen molar-refractivity contribution in [2.45, 2.75) is 62.7 Å². The molecule has 55 heavy (non-hydrogen) atoms. The summed E-state index contributed by atoms with van der Waals surface area (Å²) in [6.45, 7) is 5.94. The van der Waals surface area contributed by atoms with E-state index in [1.54, 1.807) is 16.8 Å². The number of methoxy groups -OCH3 is 1. The summed E-state index contributed by atoms with van der Waals surface area (Å²) >= 11 is 0. The van der Waals surface area contributed by atoms with Gasteiger partial charge in [0.05, 0.1) is 12.1 Å². The van der Waals surface area contributed by atoms with Crippen LogP contribution in [0, 0.1) is 0 Å². The van der Waals surface area contributed by atoms with Gasteiger partial charge in [0.1, 0.15) is 16.8 Å². The Morgan fingerprint density at radius 3 is 1.96 bits per heavy atom. The van der Waals surface area contributed by atoms with Crippen LogP contribution >= 0.6 is 0 Å². The lowest BCUT2D eigenvalue weighted by atomic mass is 9.77. The number of carbonyl (C=O) groups is 2. The molecule has 6 aromatic rings. The summed E-state index contributed by atoms with van der Waals surface area (Å²) in [6, 6.07) is 41.7. The Bertz CT molecular complexity index is 2240. The number of likely N-dealkylation sites (N-methyl/N-ethyl adjacent to an activating group) is 1. The van der Waals surface area contributed by atoms with Crippen LogP contribution in [0.25, 0.3) is 22.2 Å². The Labute approximate surface area is 322 Å². The molecular formula is C46H47N5O4. The zero-order valence-electron chi connectivity index (χ0n) is 32.1. The smallest absolute Gasteiger partial charge is 0.410 e. The van der Waals surface area contributed by atoms with Gasteiger partial charge in [-0.1, -0.05) is 91.0 Å². The third-order valence-corrected chi connectivity index (χ3v) is 11.0. The Balaban J connectivity index is 1.32. The van der Waals surface area contributed by atoms with E-state index in [2.05, 4.69) is 95.7 Å². The van der Waals surface area contributed by atoms with Crippen LogP contribution in [0.1, 0.15) is 68.3 Å². The lowest BCUT2D eigenvalue weighted by Crippen LogP contribution is -2.51. The first-order chi connectivity index (χ1) is 26.5. The number of fused-ring (bicyclic) bond motifs is 1. The van der Waals surface area contributed by atoms with Gasteiger partial charge < -0.3 is 19.3 Å². The molecule has 8 rings (SSSR count). The third kappa shape index (κ3) is 6.56. The molecule has 2 aliphatic rings. The average molecular weight is 734 g/mol. The quantitative estimate of drug-likeness (QED) is 0.138. The van der Waals surface area contributed by atoms with E-state index in [0.29, 0.717) is 24.6 Å².